The smallest absolute Gasteiger partial charge is 0.220 e. The summed E-state index contributed by atoms with van der Waals surface area (Å²) >= 11 is 0. The SMILES string of the molecule is Cc1nc2c(C#N)cnn2c(C)c1CCC(=O)NCCCCCN1CCCCC1. The molecule has 1 fully saturated rings. The molecule has 1 amide bonds. The van der Waals surface area contributed by atoms with E-state index in [4.69, 9.17) is 5.26 Å². The third-order valence-corrected chi connectivity index (χ3v) is 5.85. The molecule has 29 heavy (non-hydrogen) atoms. The Bertz CT molecular complexity index is 876. The second kappa shape index (κ2) is 10.4. The van der Waals surface area contributed by atoms with Crippen molar-refractivity contribution in [2.75, 3.05) is 26.2 Å². The third kappa shape index (κ3) is 5.54. The molecule has 2 aromatic rings. The molecule has 0 aliphatic carbocycles. The Morgan fingerprint density at radius 1 is 1.21 bits per heavy atom. The fraction of sp³-hybridized carbons (Fsp3) is 0.636. The molecule has 0 radical (unpaired) electrons. The maximum atomic E-state index is 12.2. The van der Waals surface area contributed by atoms with E-state index in [0.29, 0.717) is 24.1 Å². The molecular weight excluding hydrogens is 364 g/mol. The number of piperidine rings is 1. The summed E-state index contributed by atoms with van der Waals surface area (Å²) in [5.74, 6) is 0.0816. The molecule has 3 heterocycles. The van der Waals surface area contributed by atoms with Gasteiger partial charge in [0.25, 0.3) is 0 Å². The maximum absolute atomic E-state index is 12.2. The van der Waals surface area contributed by atoms with Crippen LogP contribution >= 0.6 is 0 Å². The highest BCUT2D eigenvalue weighted by molar-refractivity contribution is 5.76. The standard InChI is InChI=1S/C22H32N6O/c1-17-20(18(2)28-22(26-17)19(15-23)16-25-28)9-10-21(29)24-11-5-3-6-12-27-13-7-4-8-14-27/h16H,3-14H2,1-2H3,(H,24,29). The van der Waals surface area contributed by atoms with Gasteiger partial charge in [-0.3, -0.25) is 4.79 Å². The van der Waals surface area contributed by atoms with Gasteiger partial charge in [0.1, 0.15) is 11.6 Å². The van der Waals surface area contributed by atoms with Crippen LogP contribution in [0.25, 0.3) is 5.65 Å². The summed E-state index contributed by atoms with van der Waals surface area (Å²) in [4.78, 5) is 19.3. The van der Waals surface area contributed by atoms with Crippen LogP contribution < -0.4 is 5.32 Å². The minimum Gasteiger partial charge on any atom is -0.356 e. The molecule has 0 aromatic carbocycles. The largest absolute Gasteiger partial charge is 0.356 e. The Morgan fingerprint density at radius 2 is 2.00 bits per heavy atom. The number of nitrogens with one attached hydrogen (secondary N) is 1. The number of unbranched alkanes of at least 4 members (excludes halogenated alkanes) is 2. The van der Waals surface area contributed by atoms with Gasteiger partial charge in [0.05, 0.1) is 6.20 Å². The predicted molar refractivity (Wildman–Crippen MR) is 113 cm³/mol. The van der Waals surface area contributed by atoms with Gasteiger partial charge in [0.2, 0.25) is 5.91 Å². The molecule has 7 nitrogen and oxygen atoms in total. The van der Waals surface area contributed by atoms with Gasteiger partial charge in [-0.25, -0.2) is 9.50 Å². The van der Waals surface area contributed by atoms with Gasteiger partial charge < -0.3 is 10.2 Å². The Labute approximate surface area is 173 Å². The van der Waals surface area contributed by atoms with Crippen LogP contribution in [0.4, 0.5) is 0 Å². The number of rotatable bonds is 9. The number of nitrogens with zero attached hydrogens (tertiary/aromatic N) is 5. The Morgan fingerprint density at radius 3 is 2.76 bits per heavy atom. The lowest BCUT2D eigenvalue weighted by Crippen LogP contribution is -2.30. The van der Waals surface area contributed by atoms with Crippen molar-refractivity contribution in [1.82, 2.24) is 24.8 Å². The van der Waals surface area contributed by atoms with Crippen LogP contribution in [0.5, 0.6) is 0 Å². The van der Waals surface area contributed by atoms with Crippen LogP contribution in [0, 0.1) is 25.2 Å². The lowest BCUT2D eigenvalue weighted by molar-refractivity contribution is -0.121. The highest BCUT2D eigenvalue weighted by Crippen LogP contribution is 2.18. The number of aromatic nitrogens is 3. The van der Waals surface area contributed by atoms with E-state index in [1.165, 1.54) is 51.5 Å². The average Bonchev–Trinajstić information content (AvgIpc) is 3.14. The number of likely N-dealkylation sites (tertiary alicyclic amines) is 1. The number of nitriles is 1. The van der Waals surface area contributed by atoms with E-state index in [2.05, 4.69) is 26.4 Å². The maximum Gasteiger partial charge on any atom is 0.220 e. The van der Waals surface area contributed by atoms with Crippen LogP contribution in [0.15, 0.2) is 6.20 Å². The second-order valence-electron chi connectivity index (χ2n) is 7.98. The number of fused-ring (bicyclic) bond motifs is 1. The Balaban J connectivity index is 1.39. The van der Waals surface area contributed by atoms with Gasteiger partial charge in [-0.15, -0.1) is 0 Å². The zero-order valence-corrected chi connectivity index (χ0v) is 17.7. The fourth-order valence-electron chi connectivity index (χ4n) is 4.13. The third-order valence-electron chi connectivity index (χ3n) is 5.85. The van der Waals surface area contributed by atoms with Crippen molar-refractivity contribution >= 4 is 11.6 Å². The highest BCUT2D eigenvalue weighted by Gasteiger charge is 2.14. The number of hydrogen-bond donors (Lipinski definition) is 1. The summed E-state index contributed by atoms with van der Waals surface area (Å²) in [6.07, 6.45) is 10.1. The Kier molecular flexibility index (Phi) is 7.59. The van der Waals surface area contributed by atoms with Gasteiger partial charge in [-0.05, 0) is 71.1 Å². The zero-order valence-electron chi connectivity index (χ0n) is 17.7. The molecule has 156 valence electrons. The van der Waals surface area contributed by atoms with Crippen LogP contribution in [-0.4, -0.2) is 51.6 Å². The average molecular weight is 397 g/mol. The summed E-state index contributed by atoms with van der Waals surface area (Å²) in [6, 6.07) is 2.12. The van der Waals surface area contributed by atoms with E-state index < -0.39 is 0 Å². The van der Waals surface area contributed by atoms with Gasteiger partial charge >= 0.3 is 0 Å². The second-order valence-corrected chi connectivity index (χ2v) is 7.98. The molecule has 0 atom stereocenters. The van der Waals surface area contributed by atoms with E-state index in [1.807, 2.05) is 13.8 Å². The van der Waals surface area contributed by atoms with E-state index in [-0.39, 0.29) is 5.91 Å². The van der Waals surface area contributed by atoms with E-state index in [1.54, 1.807) is 4.52 Å². The minimum atomic E-state index is 0.0816. The molecule has 0 bridgehead atoms. The summed E-state index contributed by atoms with van der Waals surface area (Å²) < 4.78 is 1.70. The van der Waals surface area contributed by atoms with Gasteiger partial charge in [0, 0.05) is 24.4 Å². The van der Waals surface area contributed by atoms with Crippen molar-refractivity contribution in [2.45, 2.75) is 65.2 Å². The first-order valence-electron chi connectivity index (χ1n) is 10.8. The van der Waals surface area contributed by atoms with Crippen LogP contribution in [0.2, 0.25) is 0 Å². The van der Waals surface area contributed by atoms with Crippen molar-refractivity contribution in [3.05, 3.63) is 28.7 Å². The first kappa shape index (κ1) is 21.3. The number of hydrogen-bond acceptors (Lipinski definition) is 5. The highest BCUT2D eigenvalue weighted by atomic mass is 16.1. The normalized spacial score (nSPS) is 14.8. The van der Waals surface area contributed by atoms with Gasteiger partial charge in [-0.2, -0.15) is 10.4 Å². The van der Waals surface area contributed by atoms with Gasteiger partial charge in [0.15, 0.2) is 5.65 Å². The van der Waals surface area contributed by atoms with Crippen molar-refractivity contribution in [1.29, 1.82) is 5.26 Å². The quantitative estimate of drug-likeness (QED) is 0.659. The molecule has 0 spiro atoms. The summed E-state index contributed by atoms with van der Waals surface area (Å²) in [6.45, 7) is 8.35. The minimum absolute atomic E-state index is 0.0816. The molecular formula is C22H32N6O. The molecule has 3 rings (SSSR count). The molecule has 1 aliphatic heterocycles. The molecule has 1 aliphatic rings. The molecule has 0 saturated carbocycles. The Hall–Kier alpha value is -2.46. The molecule has 2 aromatic heterocycles. The first-order chi connectivity index (χ1) is 14.1. The number of carbonyl (C=O) groups is 1. The number of aryl methyl sites for hydroxylation is 2. The van der Waals surface area contributed by atoms with E-state index >= 15 is 0 Å². The van der Waals surface area contributed by atoms with Crippen molar-refractivity contribution in [2.24, 2.45) is 0 Å². The lowest BCUT2D eigenvalue weighted by atomic mass is 10.1. The van der Waals surface area contributed by atoms with Gasteiger partial charge in [-0.1, -0.05) is 12.8 Å². The predicted octanol–water partition coefficient (Wildman–Crippen LogP) is 2.92. The van der Waals surface area contributed by atoms with Crippen LogP contribution in [0.1, 0.15) is 67.5 Å². The summed E-state index contributed by atoms with van der Waals surface area (Å²) in [7, 11) is 0. The molecule has 0 unspecified atom stereocenters. The molecule has 1 saturated heterocycles. The molecule has 1 N–H and O–H groups in total. The number of carbonyl (C=O) groups excluding carboxylic acids is 1. The van der Waals surface area contributed by atoms with E-state index in [0.717, 1.165) is 36.3 Å². The number of amides is 1. The van der Waals surface area contributed by atoms with E-state index in [9.17, 15) is 4.79 Å². The lowest BCUT2D eigenvalue weighted by Gasteiger charge is -2.26. The van der Waals surface area contributed by atoms with Crippen molar-refractivity contribution < 1.29 is 4.79 Å². The molecule has 7 heteroatoms. The topological polar surface area (TPSA) is 86.3 Å². The summed E-state index contributed by atoms with van der Waals surface area (Å²) in [5, 5.41) is 16.5. The summed E-state index contributed by atoms with van der Waals surface area (Å²) in [5.41, 5.74) is 3.89. The van der Waals surface area contributed by atoms with Crippen molar-refractivity contribution in [3.63, 3.8) is 0 Å². The van der Waals surface area contributed by atoms with Crippen molar-refractivity contribution in [3.8, 4) is 6.07 Å². The van der Waals surface area contributed by atoms with Crippen LogP contribution in [0.3, 0.4) is 0 Å². The van der Waals surface area contributed by atoms with Crippen LogP contribution in [-0.2, 0) is 11.2 Å². The fourth-order valence-corrected chi connectivity index (χ4v) is 4.13. The zero-order chi connectivity index (χ0) is 20.6. The first-order valence-corrected chi connectivity index (χ1v) is 10.8. The monoisotopic (exact) mass is 396 g/mol.